The van der Waals surface area contributed by atoms with Gasteiger partial charge in [0.15, 0.2) is 5.78 Å². The van der Waals surface area contributed by atoms with Crippen LogP contribution < -0.4 is 0 Å². The molecule has 0 bridgehead atoms. The Bertz CT molecular complexity index is 340. The van der Waals surface area contributed by atoms with Gasteiger partial charge in [0, 0.05) is 12.6 Å². The molecule has 1 heterocycles. The lowest BCUT2D eigenvalue weighted by atomic mass is 10.1. The first-order valence-electron chi connectivity index (χ1n) is 4.51. The minimum atomic E-state index is 0.283. The van der Waals surface area contributed by atoms with E-state index in [2.05, 4.69) is 4.98 Å². The van der Waals surface area contributed by atoms with Gasteiger partial charge in [-0.05, 0) is 36.6 Å². The standard InChI is InChI=1S/C11H11NO/c13-11-6-3-4-9(11)8-10-5-1-2-7-12-10/h1-2,5,7-8H,3-4,6H2. The van der Waals surface area contributed by atoms with Crippen molar-refractivity contribution in [3.05, 3.63) is 35.7 Å². The summed E-state index contributed by atoms with van der Waals surface area (Å²) in [6, 6.07) is 5.72. The van der Waals surface area contributed by atoms with Gasteiger partial charge in [0.05, 0.1) is 5.69 Å². The second-order valence-corrected chi connectivity index (χ2v) is 3.20. The summed E-state index contributed by atoms with van der Waals surface area (Å²) in [7, 11) is 0. The molecule has 0 N–H and O–H groups in total. The number of rotatable bonds is 1. The largest absolute Gasteiger partial charge is 0.295 e. The van der Waals surface area contributed by atoms with Gasteiger partial charge in [-0.25, -0.2) is 0 Å². The summed E-state index contributed by atoms with van der Waals surface area (Å²) in [5.74, 6) is 0.283. The van der Waals surface area contributed by atoms with Crippen LogP contribution in [0.15, 0.2) is 30.0 Å². The van der Waals surface area contributed by atoms with Crippen LogP contribution in [0.3, 0.4) is 0 Å². The lowest BCUT2D eigenvalue weighted by Crippen LogP contribution is -1.91. The van der Waals surface area contributed by atoms with Gasteiger partial charge in [0.25, 0.3) is 0 Å². The molecule has 0 atom stereocenters. The highest BCUT2D eigenvalue weighted by molar-refractivity contribution is 6.01. The van der Waals surface area contributed by atoms with Crippen LogP contribution in [-0.2, 0) is 4.79 Å². The molecule has 1 aromatic rings. The van der Waals surface area contributed by atoms with Gasteiger partial charge in [0.2, 0.25) is 0 Å². The third-order valence-electron chi connectivity index (χ3n) is 2.22. The minimum Gasteiger partial charge on any atom is -0.295 e. The van der Waals surface area contributed by atoms with Crippen molar-refractivity contribution in [1.82, 2.24) is 4.98 Å². The van der Waals surface area contributed by atoms with E-state index < -0.39 is 0 Å². The topological polar surface area (TPSA) is 30.0 Å². The van der Waals surface area contributed by atoms with Crippen LogP contribution in [0.1, 0.15) is 25.0 Å². The molecule has 0 saturated heterocycles. The highest BCUT2D eigenvalue weighted by Gasteiger charge is 2.16. The molecular weight excluding hydrogens is 162 g/mol. The number of carbonyl (C=O) groups is 1. The molecule has 0 spiro atoms. The second kappa shape index (κ2) is 3.52. The first-order chi connectivity index (χ1) is 6.36. The Morgan fingerprint density at radius 1 is 1.31 bits per heavy atom. The Morgan fingerprint density at radius 2 is 2.23 bits per heavy atom. The molecule has 1 aliphatic carbocycles. The lowest BCUT2D eigenvalue weighted by molar-refractivity contribution is -0.114. The van der Waals surface area contributed by atoms with Gasteiger partial charge in [-0.15, -0.1) is 0 Å². The van der Waals surface area contributed by atoms with E-state index in [-0.39, 0.29) is 5.78 Å². The first kappa shape index (κ1) is 8.17. The highest BCUT2D eigenvalue weighted by atomic mass is 16.1. The maximum absolute atomic E-state index is 11.3. The van der Waals surface area contributed by atoms with Crippen molar-refractivity contribution in [2.45, 2.75) is 19.3 Å². The molecular formula is C11H11NO. The maximum Gasteiger partial charge on any atom is 0.158 e. The van der Waals surface area contributed by atoms with Crippen molar-refractivity contribution in [2.24, 2.45) is 0 Å². The van der Waals surface area contributed by atoms with E-state index in [1.54, 1.807) is 6.20 Å². The number of nitrogens with zero attached hydrogens (tertiary/aromatic N) is 1. The Hall–Kier alpha value is -1.44. The fraction of sp³-hybridized carbons (Fsp3) is 0.273. The predicted molar refractivity (Wildman–Crippen MR) is 51.1 cm³/mol. The molecule has 0 amide bonds. The summed E-state index contributed by atoms with van der Waals surface area (Å²) < 4.78 is 0. The number of hydrogen-bond acceptors (Lipinski definition) is 2. The molecule has 2 nitrogen and oxygen atoms in total. The lowest BCUT2D eigenvalue weighted by Gasteiger charge is -1.94. The van der Waals surface area contributed by atoms with Crippen molar-refractivity contribution in [3.8, 4) is 0 Å². The van der Waals surface area contributed by atoms with Crippen molar-refractivity contribution < 1.29 is 4.79 Å². The van der Waals surface area contributed by atoms with E-state index >= 15 is 0 Å². The quantitative estimate of drug-likeness (QED) is 0.609. The Morgan fingerprint density at radius 3 is 2.85 bits per heavy atom. The fourth-order valence-electron chi connectivity index (χ4n) is 1.53. The van der Waals surface area contributed by atoms with Crippen LogP contribution in [0.5, 0.6) is 0 Å². The molecule has 2 rings (SSSR count). The summed E-state index contributed by atoms with van der Waals surface area (Å²) in [6.07, 6.45) is 6.26. The summed E-state index contributed by atoms with van der Waals surface area (Å²) in [6.45, 7) is 0. The number of ketones is 1. The second-order valence-electron chi connectivity index (χ2n) is 3.20. The normalized spacial score (nSPS) is 19.7. The zero-order valence-electron chi connectivity index (χ0n) is 7.36. The smallest absolute Gasteiger partial charge is 0.158 e. The van der Waals surface area contributed by atoms with Gasteiger partial charge >= 0.3 is 0 Å². The summed E-state index contributed by atoms with van der Waals surface area (Å²) >= 11 is 0. The van der Waals surface area contributed by atoms with Gasteiger partial charge in [-0.1, -0.05) is 6.07 Å². The predicted octanol–water partition coefficient (Wildman–Crippen LogP) is 2.22. The van der Waals surface area contributed by atoms with Crippen LogP contribution in [0.4, 0.5) is 0 Å². The molecule has 0 radical (unpaired) electrons. The zero-order chi connectivity index (χ0) is 9.10. The first-order valence-corrected chi connectivity index (χ1v) is 4.51. The number of aromatic nitrogens is 1. The van der Waals surface area contributed by atoms with Crippen molar-refractivity contribution >= 4 is 11.9 Å². The third-order valence-corrected chi connectivity index (χ3v) is 2.22. The van der Waals surface area contributed by atoms with Crippen LogP contribution in [0.2, 0.25) is 0 Å². The molecule has 0 aliphatic heterocycles. The van der Waals surface area contributed by atoms with Gasteiger partial charge < -0.3 is 0 Å². The number of pyridine rings is 1. The average molecular weight is 173 g/mol. The number of Topliss-reactive ketones (excluding diaryl/α,β-unsaturated/α-hetero) is 1. The molecule has 2 heteroatoms. The summed E-state index contributed by atoms with van der Waals surface area (Å²) in [5, 5.41) is 0. The van der Waals surface area contributed by atoms with Crippen LogP contribution in [-0.4, -0.2) is 10.8 Å². The van der Waals surface area contributed by atoms with E-state index in [4.69, 9.17) is 0 Å². The molecule has 66 valence electrons. The zero-order valence-corrected chi connectivity index (χ0v) is 7.36. The van der Waals surface area contributed by atoms with E-state index in [1.165, 1.54) is 0 Å². The van der Waals surface area contributed by atoms with Crippen LogP contribution >= 0.6 is 0 Å². The van der Waals surface area contributed by atoms with Crippen LogP contribution in [0, 0.1) is 0 Å². The van der Waals surface area contributed by atoms with Crippen molar-refractivity contribution in [2.75, 3.05) is 0 Å². The summed E-state index contributed by atoms with van der Waals surface area (Å²) in [4.78, 5) is 15.4. The van der Waals surface area contributed by atoms with E-state index in [0.29, 0.717) is 6.42 Å². The van der Waals surface area contributed by atoms with Gasteiger partial charge in [0.1, 0.15) is 0 Å². The SMILES string of the molecule is O=C1CCCC1=Cc1ccccn1. The monoisotopic (exact) mass is 173 g/mol. The number of carbonyl (C=O) groups excluding carboxylic acids is 1. The average Bonchev–Trinajstić information content (AvgIpc) is 2.54. The fourth-order valence-corrected chi connectivity index (χ4v) is 1.53. The summed E-state index contributed by atoms with van der Waals surface area (Å²) in [5.41, 5.74) is 1.81. The Kier molecular flexibility index (Phi) is 2.21. The maximum atomic E-state index is 11.3. The molecule has 1 saturated carbocycles. The van der Waals surface area contributed by atoms with E-state index in [1.807, 2.05) is 24.3 Å². The van der Waals surface area contributed by atoms with Gasteiger partial charge in [-0.3, -0.25) is 9.78 Å². The van der Waals surface area contributed by atoms with Crippen LogP contribution in [0.25, 0.3) is 6.08 Å². The molecule has 0 unspecified atom stereocenters. The number of allylic oxidation sites excluding steroid dienone is 1. The Labute approximate surface area is 77.3 Å². The molecule has 1 aliphatic rings. The van der Waals surface area contributed by atoms with E-state index in [0.717, 1.165) is 24.1 Å². The highest BCUT2D eigenvalue weighted by Crippen LogP contribution is 2.21. The molecule has 13 heavy (non-hydrogen) atoms. The number of hydrogen-bond donors (Lipinski definition) is 0. The molecule has 0 aromatic carbocycles. The molecule has 1 aromatic heterocycles. The molecule has 1 fully saturated rings. The Balaban J connectivity index is 2.25. The minimum absolute atomic E-state index is 0.283. The van der Waals surface area contributed by atoms with Crippen molar-refractivity contribution in [3.63, 3.8) is 0 Å². The van der Waals surface area contributed by atoms with Gasteiger partial charge in [-0.2, -0.15) is 0 Å². The third kappa shape index (κ3) is 1.83. The van der Waals surface area contributed by atoms with Crippen molar-refractivity contribution in [1.29, 1.82) is 0 Å². The van der Waals surface area contributed by atoms with E-state index in [9.17, 15) is 4.79 Å².